The summed E-state index contributed by atoms with van der Waals surface area (Å²) < 4.78 is 5.32. The van der Waals surface area contributed by atoms with Crippen LogP contribution in [0.1, 0.15) is 30.4 Å². The first-order valence-corrected chi connectivity index (χ1v) is 10.6. The topological polar surface area (TPSA) is 77.4 Å². The number of benzene rings is 2. The number of nitrogens with zero attached hydrogens (tertiary/aromatic N) is 2. The minimum Gasteiger partial charge on any atom is -0.497 e. The monoisotopic (exact) mass is 406 g/mol. The van der Waals surface area contributed by atoms with E-state index in [2.05, 4.69) is 39.8 Å². The molecular weight excluding hydrogens is 376 g/mol. The van der Waals surface area contributed by atoms with Crippen LogP contribution < -0.4 is 15.4 Å². The molecule has 6 heteroatoms. The Balaban J connectivity index is 1.30. The van der Waals surface area contributed by atoms with Crippen LogP contribution in [0, 0.1) is 17.2 Å². The number of anilines is 1. The van der Waals surface area contributed by atoms with Gasteiger partial charge in [0.05, 0.1) is 18.7 Å². The Morgan fingerprint density at radius 3 is 2.77 bits per heavy atom. The third-order valence-corrected chi connectivity index (χ3v) is 5.55. The number of carbonyl (C=O) groups excluding carboxylic acids is 1. The highest BCUT2D eigenvalue weighted by Crippen LogP contribution is 2.23. The molecule has 1 aliphatic heterocycles. The predicted octanol–water partition coefficient (Wildman–Crippen LogP) is 4.03. The molecular formula is C24H30N4O2. The summed E-state index contributed by atoms with van der Waals surface area (Å²) in [6.07, 6.45) is 4.45. The second kappa shape index (κ2) is 11.2. The molecule has 0 spiro atoms. The highest BCUT2D eigenvalue weighted by molar-refractivity contribution is 5.89. The van der Waals surface area contributed by atoms with E-state index in [0.29, 0.717) is 17.8 Å². The standard InChI is InChI=1S/C24H30N4O2/c1-30-23-8-3-5-20(17-23)15-19-9-13-28(14-10-19)12-4-11-26-24(29)27-22-7-2-6-21(16-22)18-25/h2-3,5-8,16-17,19H,4,9-15H2,1H3,(H2,26,27,29). The van der Waals surface area contributed by atoms with Gasteiger partial charge < -0.3 is 20.3 Å². The van der Waals surface area contributed by atoms with Gasteiger partial charge in [-0.05, 0) is 87.1 Å². The van der Waals surface area contributed by atoms with Crippen molar-refractivity contribution in [3.63, 3.8) is 0 Å². The Morgan fingerprint density at radius 2 is 2.00 bits per heavy atom. The lowest BCUT2D eigenvalue weighted by molar-refractivity contribution is 0.182. The fourth-order valence-electron chi connectivity index (χ4n) is 3.89. The van der Waals surface area contributed by atoms with E-state index >= 15 is 0 Å². The molecule has 0 unspecified atom stereocenters. The van der Waals surface area contributed by atoms with Crippen LogP contribution in [0.25, 0.3) is 0 Å². The number of rotatable bonds is 8. The molecule has 6 nitrogen and oxygen atoms in total. The van der Waals surface area contributed by atoms with E-state index in [4.69, 9.17) is 10.00 Å². The van der Waals surface area contributed by atoms with Crippen molar-refractivity contribution in [2.24, 2.45) is 5.92 Å². The molecule has 0 atom stereocenters. The summed E-state index contributed by atoms with van der Waals surface area (Å²) in [6.45, 7) is 3.85. The number of likely N-dealkylation sites (tertiary alicyclic amines) is 1. The molecule has 2 aromatic carbocycles. The molecule has 1 saturated heterocycles. The zero-order chi connectivity index (χ0) is 21.2. The number of amides is 2. The fourth-order valence-corrected chi connectivity index (χ4v) is 3.89. The summed E-state index contributed by atoms with van der Waals surface area (Å²) in [7, 11) is 1.71. The normalized spacial score (nSPS) is 14.7. The summed E-state index contributed by atoms with van der Waals surface area (Å²) in [5.74, 6) is 1.65. The van der Waals surface area contributed by atoms with E-state index in [1.165, 1.54) is 18.4 Å². The van der Waals surface area contributed by atoms with Crippen molar-refractivity contribution < 1.29 is 9.53 Å². The minimum atomic E-state index is -0.234. The third-order valence-electron chi connectivity index (χ3n) is 5.55. The molecule has 2 amide bonds. The highest BCUT2D eigenvalue weighted by Gasteiger charge is 2.19. The van der Waals surface area contributed by atoms with E-state index in [1.807, 2.05) is 6.07 Å². The second-order valence-electron chi connectivity index (χ2n) is 7.77. The molecule has 2 N–H and O–H groups in total. The van der Waals surface area contributed by atoms with Gasteiger partial charge in [0.25, 0.3) is 0 Å². The summed E-state index contributed by atoms with van der Waals surface area (Å²) in [5.41, 5.74) is 2.51. The van der Waals surface area contributed by atoms with Crippen LogP contribution in [0.15, 0.2) is 48.5 Å². The molecule has 0 aromatic heterocycles. The summed E-state index contributed by atoms with van der Waals surface area (Å²) in [5, 5.41) is 14.6. The van der Waals surface area contributed by atoms with Crippen LogP contribution in [-0.2, 0) is 6.42 Å². The van der Waals surface area contributed by atoms with E-state index in [0.717, 1.165) is 44.1 Å². The summed E-state index contributed by atoms with van der Waals surface area (Å²) >= 11 is 0. The average Bonchev–Trinajstić information content (AvgIpc) is 2.78. The maximum absolute atomic E-state index is 12.0. The molecule has 2 aromatic rings. The van der Waals surface area contributed by atoms with Gasteiger partial charge >= 0.3 is 6.03 Å². The average molecular weight is 407 g/mol. The molecule has 1 heterocycles. The largest absolute Gasteiger partial charge is 0.497 e. The Labute approximate surface area is 178 Å². The quantitative estimate of drug-likeness (QED) is 0.649. The minimum absolute atomic E-state index is 0.234. The third kappa shape index (κ3) is 6.78. The Morgan fingerprint density at radius 1 is 1.20 bits per heavy atom. The van der Waals surface area contributed by atoms with Crippen molar-refractivity contribution in [1.82, 2.24) is 10.2 Å². The molecule has 0 bridgehead atoms. The Hall–Kier alpha value is -3.04. The van der Waals surface area contributed by atoms with E-state index in [-0.39, 0.29) is 6.03 Å². The van der Waals surface area contributed by atoms with Crippen LogP contribution in [0.5, 0.6) is 5.75 Å². The molecule has 0 aliphatic carbocycles. The first kappa shape index (κ1) is 21.7. The molecule has 3 rings (SSSR count). The zero-order valence-corrected chi connectivity index (χ0v) is 17.6. The fraction of sp³-hybridized carbons (Fsp3) is 0.417. The molecule has 1 aliphatic rings. The van der Waals surface area contributed by atoms with Gasteiger partial charge in [-0.15, -0.1) is 0 Å². The predicted molar refractivity (Wildman–Crippen MR) is 119 cm³/mol. The molecule has 0 radical (unpaired) electrons. The number of urea groups is 1. The number of carbonyl (C=O) groups is 1. The smallest absolute Gasteiger partial charge is 0.319 e. The molecule has 30 heavy (non-hydrogen) atoms. The second-order valence-corrected chi connectivity index (χ2v) is 7.77. The first-order valence-electron chi connectivity index (χ1n) is 10.6. The van der Waals surface area contributed by atoms with Gasteiger partial charge in [-0.2, -0.15) is 5.26 Å². The molecule has 0 saturated carbocycles. The Bertz CT molecular complexity index is 870. The van der Waals surface area contributed by atoms with Crippen molar-refractivity contribution >= 4 is 11.7 Å². The van der Waals surface area contributed by atoms with Crippen LogP contribution in [0.4, 0.5) is 10.5 Å². The number of hydrogen-bond acceptors (Lipinski definition) is 4. The van der Waals surface area contributed by atoms with E-state index in [1.54, 1.807) is 31.4 Å². The van der Waals surface area contributed by atoms with Crippen LogP contribution in [0.2, 0.25) is 0 Å². The van der Waals surface area contributed by atoms with Crippen LogP contribution in [0.3, 0.4) is 0 Å². The van der Waals surface area contributed by atoms with Crippen molar-refractivity contribution in [3.8, 4) is 11.8 Å². The number of nitrogens with one attached hydrogen (secondary N) is 2. The maximum atomic E-state index is 12.0. The summed E-state index contributed by atoms with van der Waals surface area (Å²) in [4.78, 5) is 14.5. The Kier molecular flexibility index (Phi) is 8.10. The highest BCUT2D eigenvalue weighted by atomic mass is 16.5. The van der Waals surface area contributed by atoms with E-state index in [9.17, 15) is 4.79 Å². The van der Waals surface area contributed by atoms with Gasteiger partial charge in [0.15, 0.2) is 0 Å². The molecule has 158 valence electrons. The molecule has 1 fully saturated rings. The van der Waals surface area contributed by atoms with Crippen LogP contribution >= 0.6 is 0 Å². The number of piperidine rings is 1. The zero-order valence-electron chi connectivity index (χ0n) is 17.6. The van der Waals surface area contributed by atoms with Crippen molar-refractivity contribution in [2.75, 3.05) is 38.6 Å². The van der Waals surface area contributed by atoms with Gasteiger partial charge in [0, 0.05) is 12.2 Å². The van der Waals surface area contributed by atoms with Crippen LogP contribution in [-0.4, -0.2) is 44.2 Å². The SMILES string of the molecule is COc1cccc(CC2CCN(CCCNC(=O)Nc3cccc(C#N)c3)CC2)c1. The number of hydrogen-bond donors (Lipinski definition) is 2. The van der Waals surface area contributed by atoms with Gasteiger partial charge in [-0.25, -0.2) is 4.79 Å². The van der Waals surface area contributed by atoms with Gasteiger partial charge in [0.2, 0.25) is 0 Å². The van der Waals surface area contributed by atoms with Crippen molar-refractivity contribution in [1.29, 1.82) is 5.26 Å². The number of ether oxygens (including phenoxy) is 1. The van der Waals surface area contributed by atoms with E-state index < -0.39 is 0 Å². The van der Waals surface area contributed by atoms with Gasteiger partial charge in [-0.3, -0.25) is 0 Å². The van der Waals surface area contributed by atoms with Gasteiger partial charge in [0.1, 0.15) is 5.75 Å². The summed E-state index contributed by atoms with van der Waals surface area (Å²) in [6, 6.07) is 17.1. The lowest BCUT2D eigenvalue weighted by atomic mass is 9.90. The maximum Gasteiger partial charge on any atom is 0.319 e. The van der Waals surface area contributed by atoms with Crippen molar-refractivity contribution in [2.45, 2.75) is 25.7 Å². The lowest BCUT2D eigenvalue weighted by Gasteiger charge is -2.32. The number of methoxy groups -OCH3 is 1. The number of nitriles is 1. The van der Waals surface area contributed by atoms with Gasteiger partial charge in [-0.1, -0.05) is 18.2 Å². The first-order chi connectivity index (χ1) is 14.7. The van der Waals surface area contributed by atoms with Crippen molar-refractivity contribution in [3.05, 3.63) is 59.7 Å². The lowest BCUT2D eigenvalue weighted by Crippen LogP contribution is -2.37.